The number of nitrogens with zero attached hydrogens (tertiary/aromatic N) is 2. The maximum Gasteiger partial charge on any atom is 0.416 e. The number of urea groups is 1. The average Bonchev–Trinajstić information content (AvgIpc) is 3.65. The average molecular weight is 568 g/mol. The molecule has 1 saturated carbocycles. The molecule has 2 fully saturated rings. The molecule has 2 aliphatic rings. The van der Waals surface area contributed by atoms with Crippen LogP contribution in [0.2, 0.25) is 10.0 Å². The van der Waals surface area contributed by atoms with Crippen molar-refractivity contribution in [2.75, 3.05) is 27.2 Å². The molecule has 2 aromatic carbocycles. The standard InChI is InChI=1S/C25H25Cl2F6N3O/c1-35(21-5-8-34-13-18(21)14-3-4-19(26)20(27)9-14)22(37)36(2)23(6-7-23)15-10-16(24(28,29)30)12-17(11-15)25(31,32)33/h3-4,9-12,18,21,34H,5-8,13H2,1-2H3. The summed E-state index contributed by atoms with van der Waals surface area (Å²) < 4.78 is 80.7. The highest BCUT2D eigenvalue weighted by Gasteiger charge is 2.53. The van der Waals surface area contributed by atoms with Crippen molar-refractivity contribution >= 4 is 29.2 Å². The van der Waals surface area contributed by atoms with E-state index in [9.17, 15) is 31.1 Å². The largest absolute Gasteiger partial charge is 0.416 e. The van der Waals surface area contributed by atoms with Crippen LogP contribution < -0.4 is 5.32 Å². The molecule has 4 nitrogen and oxygen atoms in total. The number of carbonyl (C=O) groups is 1. The van der Waals surface area contributed by atoms with Crippen molar-refractivity contribution in [3.63, 3.8) is 0 Å². The fourth-order valence-corrected chi connectivity index (χ4v) is 5.42. The number of hydrogen-bond acceptors (Lipinski definition) is 2. The first-order valence-corrected chi connectivity index (χ1v) is 12.4. The molecule has 2 unspecified atom stereocenters. The smallest absolute Gasteiger partial charge is 0.324 e. The topological polar surface area (TPSA) is 35.6 Å². The van der Waals surface area contributed by atoms with Crippen LogP contribution >= 0.6 is 23.2 Å². The van der Waals surface area contributed by atoms with Gasteiger partial charge in [0.2, 0.25) is 0 Å². The molecule has 1 heterocycles. The maximum atomic E-state index is 13.6. The lowest BCUT2D eigenvalue weighted by atomic mass is 9.86. The summed E-state index contributed by atoms with van der Waals surface area (Å²) in [5, 5.41) is 4.05. The maximum absolute atomic E-state index is 13.6. The Morgan fingerprint density at radius 2 is 1.54 bits per heavy atom. The van der Waals surface area contributed by atoms with Gasteiger partial charge in [0, 0.05) is 32.6 Å². The molecule has 0 bridgehead atoms. The van der Waals surface area contributed by atoms with Gasteiger partial charge in [-0.15, -0.1) is 0 Å². The number of hydrogen-bond donors (Lipinski definition) is 1. The van der Waals surface area contributed by atoms with Gasteiger partial charge in [-0.2, -0.15) is 26.3 Å². The van der Waals surface area contributed by atoms with Gasteiger partial charge in [-0.3, -0.25) is 0 Å². The quantitative estimate of drug-likeness (QED) is 0.398. The zero-order chi connectivity index (χ0) is 27.3. The zero-order valence-corrected chi connectivity index (χ0v) is 21.5. The van der Waals surface area contributed by atoms with E-state index >= 15 is 0 Å². The Kier molecular flexibility index (Phi) is 7.42. The molecular weight excluding hydrogens is 543 g/mol. The number of carbonyl (C=O) groups excluding carboxylic acids is 1. The van der Waals surface area contributed by atoms with Crippen molar-refractivity contribution in [1.29, 1.82) is 0 Å². The van der Waals surface area contributed by atoms with Crippen LogP contribution in [0, 0.1) is 0 Å². The third-order valence-corrected chi connectivity index (χ3v) is 8.13. The summed E-state index contributed by atoms with van der Waals surface area (Å²) in [4.78, 5) is 16.4. The molecule has 1 aliphatic heterocycles. The minimum absolute atomic E-state index is 0.102. The van der Waals surface area contributed by atoms with Gasteiger partial charge in [0.25, 0.3) is 0 Å². The Balaban J connectivity index is 1.64. The predicted octanol–water partition coefficient (Wildman–Crippen LogP) is 7.15. The van der Waals surface area contributed by atoms with E-state index in [0.29, 0.717) is 29.6 Å². The van der Waals surface area contributed by atoms with Crippen LogP contribution in [0.5, 0.6) is 0 Å². The second-order valence-corrected chi connectivity index (χ2v) is 10.4. The van der Waals surface area contributed by atoms with E-state index in [0.717, 1.165) is 17.7 Å². The Labute approximate surface area is 220 Å². The van der Waals surface area contributed by atoms with Gasteiger partial charge < -0.3 is 15.1 Å². The number of piperidine rings is 1. The van der Waals surface area contributed by atoms with Crippen LogP contribution in [0.1, 0.15) is 47.4 Å². The van der Waals surface area contributed by atoms with E-state index < -0.39 is 35.0 Å². The number of alkyl halides is 6. The number of halogens is 8. The first-order chi connectivity index (χ1) is 17.1. The summed E-state index contributed by atoms with van der Waals surface area (Å²) in [5.41, 5.74) is -3.35. The summed E-state index contributed by atoms with van der Waals surface area (Å²) in [6.07, 6.45) is -8.83. The van der Waals surface area contributed by atoms with E-state index in [4.69, 9.17) is 23.2 Å². The minimum Gasteiger partial charge on any atom is -0.324 e. The van der Waals surface area contributed by atoms with Gasteiger partial charge >= 0.3 is 18.4 Å². The zero-order valence-electron chi connectivity index (χ0n) is 20.0. The number of benzene rings is 2. The van der Waals surface area contributed by atoms with Gasteiger partial charge in [-0.25, -0.2) is 4.79 Å². The van der Waals surface area contributed by atoms with Crippen LogP contribution in [0.15, 0.2) is 36.4 Å². The minimum atomic E-state index is -4.96. The second-order valence-electron chi connectivity index (χ2n) is 9.62. The molecule has 0 aromatic heterocycles. The Morgan fingerprint density at radius 1 is 0.946 bits per heavy atom. The highest BCUT2D eigenvalue weighted by Crippen LogP contribution is 2.53. The van der Waals surface area contributed by atoms with E-state index in [1.54, 1.807) is 19.2 Å². The van der Waals surface area contributed by atoms with Crippen LogP contribution in [0.25, 0.3) is 0 Å². The molecule has 2 aromatic rings. The van der Waals surface area contributed by atoms with Crippen LogP contribution in [-0.2, 0) is 17.9 Å². The lowest BCUT2D eigenvalue weighted by Gasteiger charge is -2.42. The first kappa shape index (κ1) is 27.9. The first-order valence-electron chi connectivity index (χ1n) is 11.6. The van der Waals surface area contributed by atoms with E-state index in [1.807, 2.05) is 6.07 Å². The van der Waals surface area contributed by atoms with Gasteiger partial charge in [-0.05, 0) is 67.3 Å². The van der Waals surface area contributed by atoms with Crippen molar-refractivity contribution in [2.24, 2.45) is 0 Å². The highest BCUT2D eigenvalue weighted by atomic mass is 35.5. The molecule has 0 spiro atoms. The summed E-state index contributed by atoms with van der Waals surface area (Å²) >= 11 is 12.2. The lowest BCUT2D eigenvalue weighted by molar-refractivity contribution is -0.143. The SMILES string of the molecule is CN(C(=O)N(C)C1(c2cc(C(F)(F)F)cc(C(F)(F)F)c2)CC1)C1CCNCC1c1ccc(Cl)c(Cl)c1. The molecular formula is C25H25Cl2F6N3O. The number of amides is 2. The second kappa shape index (κ2) is 9.85. The molecule has 1 aliphatic carbocycles. The van der Waals surface area contributed by atoms with Gasteiger partial charge in [-0.1, -0.05) is 29.3 Å². The highest BCUT2D eigenvalue weighted by molar-refractivity contribution is 6.42. The third-order valence-electron chi connectivity index (χ3n) is 7.39. The Morgan fingerprint density at radius 3 is 2.05 bits per heavy atom. The molecule has 4 rings (SSSR count). The van der Waals surface area contributed by atoms with Crippen molar-refractivity contribution in [3.05, 3.63) is 68.7 Å². The Bertz CT molecular complexity index is 1150. The number of likely N-dealkylation sites (N-methyl/N-ethyl adjacent to an activating group) is 1. The van der Waals surface area contributed by atoms with E-state index in [1.165, 1.54) is 16.8 Å². The fourth-order valence-electron chi connectivity index (χ4n) is 5.11. The summed E-state index contributed by atoms with van der Waals surface area (Å²) in [5.74, 6) is -0.147. The molecule has 1 N–H and O–H groups in total. The predicted molar refractivity (Wildman–Crippen MR) is 129 cm³/mol. The van der Waals surface area contributed by atoms with E-state index in [-0.39, 0.29) is 36.4 Å². The van der Waals surface area contributed by atoms with Crippen LogP contribution in [0.3, 0.4) is 0 Å². The van der Waals surface area contributed by atoms with E-state index in [2.05, 4.69) is 5.32 Å². The molecule has 37 heavy (non-hydrogen) atoms. The fraction of sp³-hybridized carbons (Fsp3) is 0.480. The van der Waals surface area contributed by atoms with Crippen molar-refractivity contribution < 1.29 is 31.1 Å². The molecule has 202 valence electrons. The van der Waals surface area contributed by atoms with Gasteiger partial charge in [0.15, 0.2) is 0 Å². The monoisotopic (exact) mass is 567 g/mol. The molecule has 2 atom stereocenters. The summed E-state index contributed by atoms with van der Waals surface area (Å²) in [7, 11) is 3.03. The molecule has 1 saturated heterocycles. The lowest BCUT2D eigenvalue weighted by Crippen LogP contribution is -2.53. The molecule has 0 radical (unpaired) electrons. The normalized spacial score (nSPS) is 21.5. The number of nitrogens with one attached hydrogen (secondary N) is 1. The summed E-state index contributed by atoms with van der Waals surface area (Å²) in [6.45, 7) is 1.19. The number of rotatable bonds is 4. The van der Waals surface area contributed by atoms with Crippen LogP contribution in [0.4, 0.5) is 31.1 Å². The summed E-state index contributed by atoms with van der Waals surface area (Å²) in [6, 6.07) is 6.00. The van der Waals surface area contributed by atoms with Gasteiger partial charge in [0.05, 0.1) is 26.7 Å². The Hall–Kier alpha value is -2.17. The van der Waals surface area contributed by atoms with Crippen molar-refractivity contribution in [1.82, 2.24) is 15.1 Å². The van der Waals surface area contributed by atoms with Crippen molar-refractivity contribution in [3.8, 4) is 0 Å². The van der Waals surface area contributed by atoms with Crippen molar-refractivity contribution in [2.45, 2.75) is 49.1 Å². The third kappa shape index (κ3) is 5.52. The van der Waals surface area contributed by atoms with Crippen LogP contribution in [-0.4, -0.2) is 49.1 Å². The molecule has 2 amide bonds. The van der Waals surface area contributed by atoms with Gasteiger partial charge in [0.1, 0.15) is 0 Å². The molecule has 12 heteroatoms.